The number of nitrogens with one attached hydrogen (secondary N) is 1. The van der Waals surface area contributed by atoms with Crippen molar-refractivity contribution in [3.63, 3.8) is 0 Å². The Hall–Kier alpha value is -3.12. The molecule has 0 spiro atoms. The van der Waals surface area contributed by atoms with Crippen molar-refractivity contribution in [2.75, 3.05) is 18.4 Å². The molecule has 3 rings (SSSR count). The molecule has 0 unspecified atom stereocenters. The van der Waals surface area contributed by atoms with Crippen LogP contribution in [0.1, 0.15) is 55.7 Å². The molecule has 0 aliphatic rings. The van der Waals surface area contributed by atoms with Crippen LogP contribution in [0.5, 0.6) is 0 Å². The maximum absolute atomic E-state index is 13.0. The number of halogens is 1. The van der Waals surface area contributed by atoms with E-state index >= 15 is 0 Å². The van der Waals surface area contributed by atoms with E-state index in [1.807, 2.05) is 44.2 Å². The van der Waals surface area contributed by atoms with Crippen molar-refractivity contribution in [2.45, 2.75) is 46.5 Å². The SMILES string of the molecule is CCCN(CC(=O)Nc1cc(C(C)(C)C)nn1-c1cccc(C)c1)C(=O)c1ccc(Cl)cc1. The Bertz CT molecular complexity index is 1130. The number of carbonyl (C=O) groups is 2. The highest BCUT2D eigenvalue weighted by Gasteiger charge is 2.23. The summed E-state index contributed by atoms with van der Waals surface area (Å²) in [6.45, 7) is 10.6. The smallest absolute Gasteiger partial charge is 0.254 e. The second-order valence-electron chi connectivity index (χ2n) is 9.20. The molecule has 1 N–H and O–H groups in total. The summed E-state index contributed by atoms with van der Waals surface area (Å²) in [5, 5.41) is 8.29. The van der Waals surface area contributed by atoms with E-state index in [9.17, 15) is 9.59 Å². The van der Waals surface area contributed by atoms with Gasteiger partial charge in [-0.15, -0.1) is 0 Å². The second-order valence-corrected chi connectivity index (χ2v) is 9.63. The molecular formula is C26H31ClN4O2. The molecule has 0 bridgehead atoms. The van der Waals surface area contributed by atoms with Gasteiger partial charge in [-0.05, 0) is 55.3 Å². The summed E-state index contributed by atoms with van der Waals surface area (Å²) in [7, 11) is 0. The lowest BCUT2D eigenvalue weighted by Crippen LogP contribution is -2.38. The van der Waals surface area contributed by atoms with Crippen molar-refractivity contribution in [1.82, 2.24) is 14.7 Å². The summed E-state index contributed by atoms with van der Waals surface area (Å²) >= 11 is 5.94. The predicted molar refractivity (Wildman–Crippen MR) is 133 cm³/mol. The van der Waals surface area contributed by atoms with Crippen molar-refractivity contribution >= 4 is 29.2 Å². The zero-order chi connectivity index (χ0) is 24.2. The number of nitrogens with zero attached hydrogens (tertiary/aromatic N) is 3. The Labute approximate surface area is 200 Å². The van der Waals surface area contributed by atoms with Crippen LogP contribution in [0, 0.1) is 6.92 Å². The number of aromatic nitrogens is 2. The molecule has 33 heavy (non-hydrogen) atoms. The maximum Gasteiger partial charge on any atom is 0.254 e. The van der Waals surface area contributed by atoms with Gasteiger partial charge in [-0.2, -0.15) is 5.10 Å². The molecule has 174 valence electrons. The van der Waals surface area contributed by atoms with Gasteiger partial charge in [-0.3, -0.25) is 9.59 Å². The lowest BCUT2D eigenvalue weighted by Gasteiger charge is -2.22. The molecular weight excluding hydrogens is 436 g/mol. The van der Waals surface area contributed by atoms with Crippen LogP contribution < -0.4 is 5.32 Å². The average molecular weight is 467 g/mol. The van der Waals surface area contributed by atoms with Crippen LogP contribution >= 0.6 is 11.6 Å². The van der Waals surface area contributed by atoms with Gasteiger partial charge in [-0.1, -0.05) is 51.4 Å². The third kappa shape index (κ3) is 6.23. The standard InChI is InChI=1S/C26H31ClN4O2/c1-6-14-30(25(33)19-10-12-20(27)13-11-19)17-24(32)28-23-16-22(26(3,4)5)29-31(23)21-9-7-8-18(2)15-21/h7-13,15-16H,6,14,17H2,1-5H3,(H,28,32). The quantitative estimate of drug-likeness (QED) is 0.491. The summed E-state index contributed by atoms with van der Waals surface area (Å²) in [6, 6.07) is 16.5. The minimum Gasteiger partial charge on any atom is -0.329 e. The molecule has 1 heterocycles. The topological polar surface area (TPSA) is 67.2 Å². The molecule has 2 amide bonds. The van der Waals surface area contributed by atoms with Crippen molar-refractivity contribution < 1.29 is 9.59 Å². The van der Waals surface area contributed by atoms with E-state index in [1.165, 1.54) is 0 Å². The number of benzene rings is 2. The summed E-state index contributed by atoms with van der Waals surface area (Å²) in [5.74, 6) is 0.0946. The van der Waals surface area contributed by atoms with E-state index in [0.717, 1.165) is 23.4 Å². The summed E-state index contributed by atoms with van der Waals surface area (Å²) < 4.78 is 1.75. The zero-order valence-corrected chi connectivity index (χ0v) is 20.6. The fourth-order valence-electron chi connectivity index (χ4n) is 3.45. The lowest BCUT2D eigenvalue weighted by atomic mass is 9.92. The first kappa shape index (κ1) is 24.5. The molecule has 7 heteroatoms. The van der Waals surface area contributed by atoms with E-state index in [1.54, 1.807) is 33.8 Å². The molecule has 2 aromatic carbocycles. The van der Waals surface area contributed by atoms with E-state index in [2.05, 4.69) is 26.1 Å². The third-order valence-electron chi connectivity index (χ3n) is 5.20. The Morgan fingerprint density at radius 2 is 1.79 bits per heavy atom. The highest BCUT2D eigenvalue weighted by molar-refractivity contribution is 6.30. The molecule has 0 aliphatic heterocycles. The molecule has 3 aromatic rings. The Morgan fingerprint density at radius 3 is 2.39 bits per heavy atom. The highest BCUT2D eigenvalue weighted by atomic mass is 35.5. The average Bonchev–Trinajstić information content (AvgIpc) is 3.18. The minimum atomic E-state index is -0.278. The van der Waals surface area contributed by atoms with E-state index < -0.39 is 0 Å². The van der Waals surface area contributed by atoms with E-state index in [0.29, 0.717) is 22.9 Å². The van der Waals surface area contributed by atoms with Crippen LogP contribution in [0.2, 0.25) is 5.02 Å². The highest BCUT2D eigenvalue weighted by Crippen LogP contribution is 2.26. The third-order valence-corrected chi connectivity index (χ3v) is 5.45. The number of aryl methyl sites for hydroxylation is 1. The van der Waals surface area contributed by atoms with Crippen molar-refractivity contribution in [3.8, 4) is 5.69 Å². The molecule has 1 aromatic heterocycles. The molecule has 0 saturated carbocycles. The number of amides is 2. The first-order valence-electron chi connectivity index (χ1n) is 11.1. The monoisotopic (exact) mass is 466 g/mol. The molecule has 0 fully saturated rings. The molecule has 0 saturated heterocycles. The van der Waals surface area contributed by atoms with Crippen molar-refractivity contribution in [1.29, 1.82) is 0 Å². The predicted octanol–water partition coefficient (Wildman–Crippen LogP) is 5.62. The van der Waals surface area contributed by atoms with Crippen LogP contribution in [0.3, 0.4) is 0 Å². The Kier molecular flexibility index (Phi) is 7.59. The molecule has 0 aliphatic carbocycles. The number of carbonyl (C=O) groups excluding carboxylic acids is 2. The first-order chi connectivity index (χ1) is 15.6. The van der Waals surface area contributed by atoms with Crippen LogP contribution in [0.15, 0.2) is 54.6 Å². The van der Waals surface area contributed by atoms with Crippen LogP contribution in [-0.4, -0.2) is 39.6 Å². The van der Waals surface area contributed by atoms with Gasteiger partial charge >= 0.3 is 0 Å². The molecule has 0 atom stereocenters. The van der Waals surface area contributed by atoms with Crippen molar-refractivity contribution in [3.05, 3.63) is 76.4 Å². The van der Waals surface area contributed by atoms with E-state index in [-0.39, 0.29) is 23.8 Å². The van der Waals surface area contributed by atoms with Gasteiger partial charge in [-0.25, -0.2) is 4.68 Å². The summed E-state index contributed by atoms with van der Waals surface area (Å²) in [5.41, 5.74) is 3.14. The Morgan fingerprint density at radius 1 is 1.09 bits per heavy atom. The number of rotatable bonds is 7. The number of hydrogen-bond donors (Lipinski definition) is 1. The van der Waals surface area contributed by atoms with Gasteiger partial charge in [0.2, 0.25) is 5.91 Å². The summed E-state index contributed by atoms with van der Waals surface area (Å²) in [4.78, 5) is 27.6. The van der Waals surface area contributed by atoms with Gasteiger partial charge < -0.3 is 10.2 Å². The molecule has 6 nitrogen and oxygen atoms in total. The number of anilines is 1. The number of hydrogen-bond acceptors (Lipinski definition) is 3. The van der Waals surface area contributed by atoms with Gasteiger partial charge in [0.15, 0.2) is 0 Å². The maximum atomic E-state index is 13.0. The molecule has 0 radical (unpaired) electrons. The van der Waals surface area contributed by atoms with Gasteiger partial charge in [0, 0.05) is 28.6 Å². The fourth-order valence-corrected chi connectivity index (χ4v) is 3.57. The lowest BCUT2D eigenvalue weighted by molar-refractivity contribution is -0.116. The summed E-state index contributed by atoms with van der Waals surface area (Å²) in [6.07, 6.45) is 0.738. The largest absolute Gasteiger partial charge is 0.329 e. The normalized spacial score (nSPS) is 11.3. The zero-order valence-electron chi connectivity index (χ0n) is 19.9. The Balaban J connectivity index is 1.85. The van der Waals surface area contributed by atoms with Crippen molar-refractivity contribution in [2.24, 2.45) is 0 Å². The van der Waals surface area contributed by atoms with Gasteiger partial charge in [0.25, 0.3) is 5.91 Å². The van der Waals surface area contributed by atoms with Gasteiger partial charge in [0.1, 0.15) is 12.4 Å². The minimum absolute atomic E-state index is 0.0564. The van der Waals surface area contributed by atoms with Crippen LogP contribution in [-0.2, 0) is 10.2 Å². The fraction of sp³-hybridized carbons (Fsp3) is 0.346. The van der Waals surface area contributed by atoms with E-state index in [4.69, 9.17) is 16.7 Å². The van der Waals surface area contributed by atoms with Crippen LogP contribution in [0.25, 0.3) is 5.69 Å². The van der Waals surface area contributed by atoms with Crippen LogP contribution in [0.4, 0.5) is 5.82 Å². The first-order valence-corrected chi connectivity index (χ1v) is 11.5. The second kappa shape index (κ2) is 10.2. The van der Waals surface area contributed by atoms with Gasteiger partial charge in [0.05, 0.1) is 11.4 Å².